The number of fused-ring (bicyclic) bond motifs is 2. The number of benzene rings is 2. The van der Waals surface area contributed by atoms with E-state index in [4.69, 9.17) is 0 Å². The second kappa shape index (κ2) is 4.00. The molecule has 4 aromatic rings. The Labute approximate surface area is 118 Å². The van der Waals surface area contributed by atoms with Gasteiger partial charge in [0.05, 0.1) is 5.52 Å². The van der Waals surface area contributed by atoms with Crippen molar-refractivity contribution in [3.05, 3.63) is 59.3 Å². The monoisotopic (exact) mass is 310 g/mol. The van der Waals surface area contributed by atoms with Crippen LogP contribution in [-0.2, 0) is 0 Å². The normalized spacial score (nSPS) is 11.4. The zero-order valence-electron chi connectivity index (χ0n) is 10.1. The second-order valence-corrected chi connectivity index (χ2v) is 5.47. The molecule has 0 aliphatic carbocycles. The van der Waals surface area contributed by atoms with E-state index in [9.17, 15) is 0 Å². The molecule has 0 saturated carbocycles. The molecule has 0 bridgehead atoms. The molecule has 0 fully saturated rings. The van der Waals surface area contributed by atoms with Crippen molar-refractivity contribution in [2.45, 2.75) is 0 Å². The van der Waals surface area contributed by atoms with Gasteiger partial charge in [0.2, 0.25) is 0 Å². The highest BCUT2D eigenvalue weighted by molar-refractivity contribution is 9.10. The Hall–Kier alpha value is -2.00. The molecule has 92 valence electrons. The first-order valence-corrected chi connectivity index (χ1v) is 6.96. The minimum atomic E-state index is 1.09. The number of nitrogens with one attached hydrogen (secondary N) is 2. The first kappa shape index (κ1) is 10.9. The summed E-state index contributed by atoms with van der Waals surface area (Å²) in [5, 5.41) is 2.49. The maximum atomic E-state index is 3.58. The van der Waals surface area contributed by atoms with Crippen LogP contribution in [-0.4, -0.2) is 9.97 Å². The summed E-state index contributed by atoms with van der Waals surface area (Å²) >= 11 is 3.58. The molecule has 3 heteroatoms. The van der Waals surface area contributed by atoms with Crippen molar-refractivity contribution in [3.8, 4) is 11.1 Å². The first-order valence-electron chi connectivity index (χ1n) is 6.17. The molecular weight excluding hydrogens is 300 g/mol. The fourth-order valence-corrected chi connectivity index (χ4v) is 3.12. The Balaban J connectivity index is 2.07. The SMILES string of the molecule is Brc1cccc2c(-c3c[nH]c4ccccc34)c[nH]c12. The van der Waals surface area contributed by atoms with Crippen LogP contribution >= 0.6 is 15.9 Å². The van der Waals surface area contributed by atoms with Gasteiger partial charge < -0.3 is 9.97 Å². The average Bonchev–Trinajstić information content (AvgIpc) is 3.02. The van der Waals surface area contributed by atoms with Gasteiger partial charge in [-0.1, -0.05) is 30.3 Å². The number of aromatic nitrogens is 2. The maximum absolute atomic E-state index is 3.58. The number of para-hydroxylation sites is 2. The highest BCUT2D eigenvalue weighted by Crippen LogP contribution is 2.35. The van der Waals surface area contributed by atoms with Crippen molar-refractivity contribution in [3.63, 3.8) is 0 Å². The molecule has 0 saturated heterocycles. The quantitative estimate of drug-likeness (QED) is 0.491. The van der Waals surface area contributed by atoms with E-state index in [0.717, 1.165) is 9.99 Å². The molecule has 19 heavy (non-hydrogen) atoms. The van der Waals surface area contributed by atoms with Gasteiger partial charge in [0.15, 0.2) is 0 Å². The van der Waals surface area contributed by atoms with E-state index in [1.807, 2.05) is 0 Å². The predicted molar refractivity (Wildman–Crippen MR) is 83.3 cm³/mol. The number of hydrogen-bond donors (Lipinski definition) is 2. The van der Waals surface area contributed by atoms with Gasteiger partial charge in [-0.15, -0.1) is 0 Å². The Kier molecular flexibility index (Phi) is 2.29. The minimum absolute atomic E-state index is 1.09. The summed E-state index contributed by atoms with van der Waals surface area (Å²) < 4.78 is 1.09. The molecule has 2 N–H and O–H groups in total. The molecule has 0 atom stereocenters. The van der Waals surface area contributed by atoms with Crippen LogP contribution in [0.2, 0.25) is 0 Å². The zero-order chi connectivity index (χ0) is 12.8. The van der Waals surface area contributed by atoms with Gasteiger partial charge in [-0.05, 0) is 28.1 Å². The molecule has 0 aliphatic heterocycles. The summed E-state index contributed by atoms with van der Waals surface area (Å²) in [6.07, 6.45) is 4.15. The highest BCUT2D eigenvalue weighted by Gasteiger charge is 2.11. The number of hydrogen-bond acceptors (Lipinski definition) is 0. The third-order valence-corrected chi connectivity index (χ3v) is 4.20. The van der Waals surface area contributed by atoms with Crippen LogP contribution in [0.1, 0.15) is 0 Å². The van der Waals surface area contributed by atoms with Crippen molar-refractivity contribution in [1.29, 1.82) is 0 Å². The fourth-order valence-electron chi connectivity index (χ4n) is 2.63. The van der Waals surface area contributed by atoms with E-state index in [-0.39, 0.29) is 0 Å². The number of aromatic amines is 2. The molecule has 4 rings (SSSR count). The largest absolute Gasteiger partial charge is 0.361 e. The summed E-state index contributed by atoms with van der Waals surface area (Å²) in [5.74, 6) is 0. The summed E-state index contributed by atoms with van der Waals surface area (Å²) in [6, 6.07) is 14.6. The van der Waals surface area contributed by atoms with Crippen molar-refractivity contribution >= 4 is 37.7 Å². The Morgan fingerprint density at radius 1 is 0.737 bits per heavy atom. The number of rotatable bonds is 1. The van der Waals surface area contributed by atoms with Gasteiger partial charge in [0.1, 0.15) is 0 Å². The Bertz CT molecular complexity index is 886. The van der Waals surface area contributed by atoms with Gasteiger partial charge >= 0.3 is 0 Å². The summed E-state index contributed by atoms with van der Waals surface area (Å²) in [6.45, 7) is 0. The zero-order valence-corrected chi connectivity index (χ0v) is 11.7. The van der Waals surface area contributed by atoms with Crippen LogP contribution in [0.25, 0.3) is 32.9 Å². The van der Waals surface area contributed by atoms with E-state index in [1.54, 1.807) is 0 Å². The highest BCUT2D eigenvalue weighted by atomic mass is 79.9. The molecule has 0 unspecified atom stereocenters. The van der Waals surface area contributed by atoms with Crippen LogP contribution in [0.15, 0.2) is 59.3 Å². The van der Waals surface area contributed by atoms with Crippen LogP contribution in [0, 0.1) is 0 Å². The van der Waals surface area contributed by atoms with Crippen LogP contribution in [0.5, 0.6) is 0 Å². The third kappa shape index (κ3) is 1.55. The lowest BCUT2D eigenvalue weighted by Gasteiger charge is -1.98. The molecule has 0 amide bonds. The molecule has 2 heterocycles. The number of halogens is 1. The molecular formula is C16H11BrN2. The smallest absolute Gasteiger partial charge is 0.0604 e. The third-order valence-electron chi connectivity index (χ3n) is 3.54. The van der Waals surface area contributed by atoms with E-state index in [1.165, 1.54) is 27.4 Å². The van der Waals surface area contributed by atoms with E-state index in [2.05, 4.69) is 80.8 Å². The topological polar surface area (TPSA) is 31.6 Å². The molecule has 0 aliphatic rings. The molecule has 0 spiro atoms. The minimum Gasteiger partial charge on any atom is -0.361 e. The van der Waals surface area contributed by atoms with E-state index < -0.39 is 0 Å². The van der Waals surface area contributed by atoms with Crippen molar-refractivity contribution < 1.29 is 0 Å². The van der Waals surface area contributed by atoms with Crippen molar-refractivity contribution in [1.82, 2.24) is 9.97 Å². The van der Waals surface area contributed by atoms with E-state index in [0.29, 0.717) is 0 Å². The number of H-pyrrole nitrogens is 2. The van der Waals surface area contributed by atoms with Gasteiger partial charge in [0.25, 0.3) is 0 Å². The first-order chi connectivity index (χ1) is 9.34. The lowest BCUT2D eigenvalue weighted by Crippen LogP contribution is -1.73. The lowest BCUT2D eigenvalue weighted by atomic mass is 10.0. The molecule has 0 radical (unpaired) electrons. The maximum Gasteiger partial charge on any atom is 0.0604 e. The molecule has 2 aromatic carbocycles. The van der Waals surface area contributed by atoms with Crippen molar-refractivity contribution in [2.24, 2.45) is 0 Å². The Morgan fingerprint density at radius 2 is 1.47 bits per heavy atom. The van der Waals surface area contributed by atoms with Gasteiger partial charge in [-0.25, -0.2) is 0 Å². The van der Waals surface area contributed by atoms with Crippen LogP contribution in [0.3, 0.4) is 0 Å². The van der Waals surface area contributed by atoms with Gasteiger partial charge in [-0.2, -0.15) is 0 Å². The summed E-state index contributed by atoms with van der Waals surface area (Å²) in [7, 11) is 0. The van der Waals surface area contributed by atoms with Crippen LogP contribution < -0.4 is 0 Å². The lowest BCUT2D eigenvalue weighted by molar-refractivity contribution is 1.45. The molecule has 2 aromatic heterocycles. The summed E-state index contributed by atoms with van der Waals surface area (Å²) in [4.78, 5) is 6.68. The molecule has 2 nitrogen and oxygen atoms in total. The standard InChI is InChI=1S/C16H11BrN2/c17-14-6-3-5-11-13(9-19-16(11)14)12-8-18-15-7-2-1-4-10(12)15/h1-9,18-19H. The van der Waals surface area contributed by atoms with Gasteiger partial charge in [0, 0.05) is 44.3 Å². The Morgan fingerprint density at radius 3 is 2.42 bits per heavy atom. The summed E-state index contributed by atoms with van der Waals surface area (Å²) in [5.41, 5.74) is 4.78. The van der Waals surface area contributed by atoms with Crippen LogP contribution in [0.4, 0.5) is 0 Å². The van der Waals surface area contributed by atoms with Gasteiger partial charge in [-0.3, -0.25) is 0 Å². The van der Waals surface area contributed by atoms with Crippen molar-refractivity contribution in [2.75, 3.05) is 0 Å². The predicted octanol–water partition coefficient (Wildman–Crippen LogP) is 5.08. The fraction of sp³-hybridized carbons (Fsp3) is 0. The van der Waals surface area contributed by atoms with E-state index >= 15 is 0 Å². The average molecular weight is 311 g/mol. The second-order valence-electron chi connectivity index (χ2n) is 4.61.